The lowest BCUT2D eigenvalue weighted by Crippen LogP contribution is -2.28. The Morgan fingerprint density at radius 3 is 2.49 bits per heavy atom. The normalized spacial score (nSPS) is 20.3. The third-order valence-electron chi connectivity index (χ3n) is 8.18. The van der Waals surface area contributed by atoms with Crippen LogP contribution in [-0.2, 0) is 17.1 Å². The number of aliphatic hydroxyl groups excluding tert-OH is 1. The largest absolute Gasteiger partial charge is 0.393 e. The SMILES string of the molecule is Cn1ncc(C#Cc2cnc(Nc3ccnc(-c4cnn(S(=O)(=O)C5CC5)c4)n3)cc2NC2CCC(O)CC2)c1C1CC1. The molecule has 13 heteroatoms. The van der Waals surface area contributed by atoms with Crippen molar-refractivity contribution in [2.45, 2.75) is 74.7 Å². The summed E-state index contributed by atoms with van der Waals surface area (Å²) >= 11 is 0. The topological polar surface area (TPSA) is 153 Å². The third kappa shape index (κ3) is 5.98. The maximum absolute atomic E-state index is 12.5. The van der Waals surface area contributed by atoms with Gasteiger partial charge in [0, 0.05) is 37.5 Å². The zero-order valence-corrected chi connectivity index (χ0v) is 24.6. The third-order valence-corrected chi connectivity index (χ3v) is 10.2. The second kappa shape index (κ2) is 11.1. The number of aliphatic hydroxyl groups is 1. The fourth-order valence-corrected chi connectivity index (χ4v) is 6.95. The molecule has 0 atom stereocenters. The van der Waals surface area contributed by atoms with Gasteiger partial charge in [0.2, 0.25) is 0 Å². The van der Waals surface area contributed by atoms with E-state index in [-0.39, 0.29) is 17.4 Å². The van der Waals surface area contributed by atoms with Crippen LogP contribution >= 0.6 is 0 Å². The van der Waals surface area contributed by atoms with Gasteiger partial charge in [0.1, 0.15) is 11.6 Å². The molecule has 4 aromatic rings. The summed E-state index contributed by atoms with van der Waals surface area (Å²) < 4.78 is 28.0. The zero-order valence-electron chi connectivity index (χ0n) is 23.8. The van der Waals surface area contributed by atoms with E-state index in [2.05, 4.69) is 47.6 Å². The minimum absolute atomic E-state index is 0.216. The number of anilines is 3. The summed E-state index contributed by atoms with van der Waals surface area (Å²) in [7, 11) is -1.51. The summed E-state index contributed by atoms with van der Waals surface area (Å²) in [6.07, 6.45) is 14.8. The Hall–Kier alpha value is -4.28. The highest BCUT2D eigenvalue weighted by molar-refractivity contribution is 7.90. The lowest BCUT2D eigenvalue weighted by atomic mass is 9.93. The molecule has 12 nitrogen and oxygen atoms in total. The van der Waals surface area contributed by atoms with Gasteiger partial charge >= 0.3 is 0 Å². The Balaban J connectivity index is 1.15. The minimum Gasteiger partial charge on any atom is -0.393 e. The summed E-state index contributed by atoms with van der Waals surface area (Å²) in [4.78, 5) is 13.5. The lowest BCUT2D eigenvalue weighted by Gasteiger charge is -2.27. The average Bonchev–Trinajstić information content (AvgIpc) is 3.94. The van der Waals surface area contributed by atoms with Crippen molar-refractivity contribution in [3.63, 3.8) is 0 Å². The van der Waals surface area contributed by atoms with Gasteiger partial charge in [0.05, 0.1) is 58.0 Å². The molecular weight excluding hydrogens is 566 g/mol. The molecule has 4 aromatic heterocycles. The van der Waals surface area contributed by atoms with E-state index in [0.717, 1.165) is 46.6 Å². The molecule has 43 heavy (non-hydrogen) atoms. The van der Waals surface area contributed by atoms with Crippen molar-refractivity contribution in [3.8, 4) is 23.2 Å². The predicted octanol–water partition coefficient (Wildman–Crippen LogP) is 3.55. The quantitative estimate of drug-likeness (QED) is 0.256. The van der Waals surface area contributed by atoms with Crippen molar-refractivity contribution < 1.29 is 13.5 Å². The number of aromatic nitrogens is 7. The highest BCUT2D eigenvalue weighted by Crippen LogP contribution is 2.41. The van der Waals surface area contributed by atoms with E-state index in [4.69, 9.17) is 0 Å². The van der Waals surface area contributed by atoms with Crippen molar-refractivity contribution in [2.75, 3.05) is 10.6 Å². The molecule has 3 aliphatic rings. The van der Waals surface area contributed by atoms with Gasteiger partial charge in [-0.1, -0.05) is 11.8 Å². The maximum atomic E-state index is 12.5. The van der Waals surface area contributed by atoms with Gasteiger partial charge in [-0.15, -0.1) is 0 Å². The second-order valence-electron chi connectivity index (χ2n) is 11.6. The van der Waals surface area contributed by atoms with Crippen molar-refractivity contribution >= 4 is 27.3 Å². The first-order chi connectivity index (χ1) is 20.8. The number of pyridine rings is 1. The van der Waals surface area contributed by atoms with Gasteiger partial charge < -0.3 is 15.7 Å². The first kappa shape index (κ1) is 27.5. The van der Waals surface area contributed by atoms with E-state index in [1.54, 1.807) is 18.5 Å². The van der Waals surface area contributed by atoms with Gasteiger partial charge in [-0.05, 0) is 57.4 Å². The number of rotatable bonds is 8. The van der Waals surface area contributed by atoms with Crippen LogP contribution in [0, 0.1) is 11.8 Å². The van der Waals surface area contributed by atoms with Crippen LogP contribution < -0.4 is 10.6 Å². The Kier molecular flexibility index (Phi) is 7.10. The number of nitrogens with one attached hydrogen (secondary N) is 2. The molecule has 3 N–H and O–H groups in total. The van der Waals surface area contributed by atoms with Crippen LogP contribution in [0.5, 0.6) is 0 Å². The molecule has 0 aromatic carbocycles. The van der Waals surface area contributed by atoms with E-state index >= 15 is 0 Å². The van der Waals surface area contributed by atoms with Crippen LogP contribution in [0.15, 0.2) is 43.1 Å². The van der Waals surface area contributed by atoms with E-state index in [1.807, 2.05) is 24.0 Å². The Bertz CT molecular complexity index is 1820. The molecule has 3 fully saturated rings. The minimum atomic E-state index is -3.47. The van der Waals surface area contributed by atoms with E-state index in [1.165, 1.54) is 30.9 Å². The Labute approximate surface area is 250 Å². The standard InChI is InChI=1S/C30H33N9O3S/c1-38-29(19-2-3-19)21(16-33-38)5-4-20-15-32-28(14-26(20)35-23-6-8-24(40)9-7-23)36-27-12-13-31-30(37-27)22-17-34-39(18-22)43(41,42)25-10-11-25/h12-19,23-25,40H,2-3,6-11H2,1H3,(H2,31,32,35,36,37). The molecule has 0 amide bonds. The van der Waals surface area contributed by atoms with Crippen molar-refractivity contribution in [1.82, 2.24) is 33.9 Å². The van der Waals surface area contributed by atoms with Crippen molar-refractivity contribution in [3.05, 3.63) is 59.9 Å². The summed E-state index contributed by atoms with van der Waals surface area (Å²) in [5.74, 6) is 8.61. The summed E-state index contributed by atoms with van der Waals surface area (Å²) in [6, 6.07) is 3.86. The highest BCUT2D eigenvalue weighted by Gasteiger charge is 2.37. The number of aryl methyl sites for hydroxylation is 1. The molecule has 3 aliphatic carbocycles. The molecule has 4 heterocycles. The van der Waals surface area contributed by atoms with E-state index in [9.17, 15) is 13.5 Å². The molecule has 3 saturated carbocycles. The fraction of sp³-hybridized carbons (Fsp3) is 0.433. The van der Waals surface area contributed by atoms with Crippen LogP contribution in [0.25, 0.3) is 11.4 Å². The van der Waals surface area contributed by atoms with Crippen LogP contribution in [0.2, 0.25) is 0 Å². The molecule has 0 aliphatic heterocycles. The molecule has 222 valence electrons. The van der Waals surface area contributed by atoms with Crippen molar-refractivity contribution in [1.29, 1.82) is 0 Å². The fourth-order valence-electron chi connectivity index (χ4n) is 5.48. The first-order valence-electron chi connectivity index (χ1n) is 14.7. The highest BCUT2D eigenvalue weighted by atomic mass is 32.2. The van der Waals surface area contributed by atoms with Crippen LogP contribution in [0.4, 0.5) is 17.3 Å². The van der Waals surface area contributed by atoms with Crippen LogP contribution in [0.3, 0.4) is 0 Å². The first-order valence-corrected chi connectivity index (χ1v) is 16.2. The summed E-state index contributed by atoms with van der Waals surface area (Å²) in [5, 5.41) is 25.0. The maximum Gasteiger partial charge on any atom is 0.256 e. The number of hydrogen-bond acceptors (Lipinski definition) is 10. The smallest absolute Gasteiger partial charge is 0.256 e. The van der Waals surface area contributed by atoms with E-state index in [0.29, 0.717) is 41.8 Å². The average molecular weight is 600 g/mol. The summed E-state index contributed by atoms with van der Waals surface area (Å²) in [5.41, 5.74) is 4.26. The zero-order chi connectivity index (χ0) is 29.6. The van der Waals surface area contributed by atoms with Gasteiger partial charge in [-0.3, -0.25) is 4.68 Å². The van der Waals surface area contributed by atoms with Crippen molar-refractivity contribution in [2.24, 2.45) is 7.05 Å². The molecule has 0 saturated heterocycles. The van der Waals surface area contributed by atoms with E-state index < -0.39 is 10.0 Å². The Morgan fingerprint density at radius 2 is 1.72 bits per heavy atom. The number of hydrogen-bond donors (Lipinski definition) is 3. The Morgan fingerprint density at radius 1 is 0.930 bits per heavy atom. The molecule has 0 bridgehead atoms. The van der Waals surface area contributed by atoms with Gasteiger partial charge in [0.25, 0.3) is 10.0 Å². The van der Waals surface area contributed by atoms with Crippen LogP contribution in [-0.4, -0.2) is 64.8 Å². The van der Waals surface area contributed by atoms with Gasteiger partial charge in [-0.2, -0.15) is 14.3 Å². The molecule has 0 spiro atoms. The molecule has 0 radical (unpaired) electrons. The van der Waals surface area contributed by atoms with Gasteiger partial charge in [-0.25, -0.2) is 23.4 Å². The lowest BCUT2D eigenvalue weighted by molar-refractivity contribution is 0.126. The summed E-state index contributed by atoms with van der Waals surface area (Å²) in [6.45, 7) is 0. The van der Waals surface area contributed by atoms with Crippen LogP contribution in [0.1, 0.15) is 74.1 Å². The predicted molar refractivity (Wildman–Crippen MR) is 161 cm³/mol. The molecule has 7 rings (SSSR count). The van der Waals surface area contributed by atoms with Gasteiger partial charge in [0.15, 0.2) is 5.82 Å². The molecule has 0 unspecified atom stereocenters. The second-order valence-corrected chi connectivity index (χ2v) is 13.7. The number of nitrogens with zero attached hydrogens (tertiary/aromatic N) is 7. The molecular formula is C30H33N9O3S. The monoisotopic (exact) mass is 599 g/mol.